The van der Waals surface area contributed by atoms with E-state index in [1.165, 1.54) is 59.1 Å². The number of fused-ring (bicyclic) bond motifs is 2. The van der Waals surface area contributed by atoms with Crippen molar-refractivity contribution < 1.29 is 24.9 Å². The second-order valence-electron chi connectivity index (χ2n) is 9.31. The van der Waals surface area contributed by atoms with Gasteiger partial charge in [-0.25, -0.2) is 9.59 Å². The van der Waals surface area contributed by atoms with Crippen LogP contribution in [-0.4, -0.2) is 44.7 Å². The lowest BCUT2D eigenvalue weighted by molar-refractivity contribution is -0.134. The Morgan fingerprint density at radius 3 is 1.91 bits per heavy atom. The maximum absolute atomic E-state index is 11.3. The van der Waals surface area contributed by atoms with Crippen LogP contribution in [0.5, 0.6) is 0 Å². The summed E-state index contributed by atoms with van der Waals surface area (Å²) in [6.07, 6.45) is 7.92. The van der Waals surface area contributed by atoms with E-state index in [9.17, 15) is 14.7 Å². The van der Waals surface area contributed by atoms with Gasteiger partial charge in [-0.2, -0.15) is 0 Å². The van der Waals surface area contributed by atoms with Crippen LogP contribution >= 0.6 is 0 Å². The Morgan fingerprint density at radius 2 is 1.44 bits per heavy atom. The third kappa shape index (κ3) is 6.78. The highest BCUT2D eigenvalue weighted by Gasteiger charge is 2.28. The topological polar surface area (TPSA) is 98.1 Å². The predicted molar refractivity (Wildman–Crippen MR) is 132 cm³/mol. The van der Waals surface area contributed by atoms with Crippen molar-refractivity contribution in [2.75, 3.05) is 6.54 Å². The molecule has 0 spiro atoms. The van der Waals surface area contributed by atoms with Gasteiger partial charge in [0, 0.05) is 31.3 Å². The molecule has 4 rings (SSSR count). The summed E-state index contributed by atoms with van der Waals surface area (Å²) >= 11 is 0. The van der Waals surface area contributed by atoms with Gasteiger partial charge in [0.1, 0.15) is 0 Å². The SMILES string of the molecule is CC(C)N(Cc1ccccc1)CC(O)c1c2c(cc3c1CCC3)CCC2.O=C(O)/C=C\C(=O)O. The molecule has 1 atom stereocenters. The summed E-state index contributed by atoms with van der Waals surface area (Å²) < 4.78 is 0. The van der Waals surface area contributed by atoms with Crippen LogP contribution in [0.4, 0.5) is 0 Å². The zero-order valence-electron chi connectivity index (χ0n) is 20.0. The summed E-state index contributed by atoms with van der Waals surface area (Å²) in [6, 6.07) is 13.5. The van der Waals surface area contributed by atoms with Gasteiger partial charge in [-0.05, 0) is 85.8 Å². The van der Waals surface area contributed by atoms with Crippen molar-refractivity contribution >= 4 is 11.9 Å². The summed E-state index contributed by atoms with van der Waals surface area (Å²) in [4.78, 5) is 21.5. The summed E-state index contributed by atoms with van der Waals surface area (Å²) in [5.41, 5.74) is 8.59. The molecular formula is C28H35NO5. The molecule has 0 amide bonds. The minimum absolute atomic E-state index is 0.374. The molecule has 1 unspecified atom stereocenters. The van der Waals surface area contributed by atoms with Crippen LogP contribution in [-0.2, 0) is 41.8 Å². The number of carbonyl (C=O) groups is 2. The van der Waals surface area contributed by atoms with Gasteiger partial charge >= 0.3 is 11.9 Å². The van der Waals surface area contributed by atoms with Crippen molar-refractivity contribution in [2.45, 2.75) is 71.1 Å². The maximum Gasteiger partial charge on any atom is 0.328 e. The van der Waals surface area contributed by atoms with Crippen molar-refractivity contribution in [2.24, 2.45) is 0 Å². The Morgan fingerprint density at radius 1 is 0.912 bits per heavy atom. The van der Waals surface area contributed by atoms with Gasteiger partial charge in [-0.3, -0.25) is 4.90 Å². The van der Waals surface area contributed by atoms with Crippen LogP contribution in [0.25, 0.3) is 0 Å². The number of aliphatic hydroxyl groups excluding tert-OH is 1. The molecular weight excluding hydrogens is 430 g/mol. The lowest BCUT2D eigenvalue weighted by atomic mass is 9.90. The highest BCUT2D eigenvalue weighted by molar-refractivity contribution is 5.89. The number of carboxylic acids is 2. The van der Waals surface area contributed by atoms with E-state index in [1.807, 2.05) is 0 Å². The first-order valence-electron chi connectivity index (χ1n) is 12.0. The molecule has 2 aliphatic carbocycles. The summed E-state index contributed by atoms with van der Waals surface area (Å²) in [7, 11) is 0. The second kappa shape index (κ2) is 12.0. The van der Waals surface area contributed by atoms with E-state index in [-0.39, 0.29) is 6.10 Å². The molecule has 0 aromatic heterocycles. The molecule has 0 bridgehead atoms. The standard InChI is InChI=1S/C24H31NO.C4H4O4/c1-17(2)25(15-18-8-4-3-5-9-18)16-23(26)24-21-12-6-10-19(21)14-20-11-7-13-22(20)24;5-3(6)1-2-4(7)8/h3-5,8-9,14,17,23,26H,6-7,10-13,15-16H2,1-2H3;1-2H,(H,5,6)(H,7,8)/b;2-1-. The van der Waals surface area contributed by atoms with Gasteiger partial charge in [0.05, 0.1) is 6.10 Å². The third-order valence-corrected chi connectivity index (χ3v) is 6.59. The van der Waals surface area contributed by atoms with Gasteiger partial charge in [0.25, 0.3) is 0 Å². The highest BCUT2D eigenvalue weighted by atomic mass is 16.4. The van der Waals surface area contributed by atoms with Crippen LogP contribution in [0.2, 0.25) is 0 Å². The minimum atomic E-state index is -1.26. The summed E-state index contributed by atoms with van der Waals surface area (Å²) in [5, 5.41) is 26.9. The van der Waals surface area contributed by atoms with E-state index in [1.54, 1.807) is 0 Å². The summed E-state index contributed by atoms with van der Waals surface area (Å²) in [6.45, 7) is 6.08. The fourth-order valence-corrected chi connectivity index (χ4v) is 4.99. The van der Waals surface area contributed by atoms with Gasteiger partial charge < -0.3 is 15.3 Å². The number of carboxylic acid groups (broad SMARTS) is 2. The molecule has 0 radical (unpaired) electrons. The van der Waals surface area contributed by atoms with E-state index in [0.717, 1.165) is 25.9 Å². The number of nitrogens with zero attached hydrogens (tertiary/aromatic N) is 1. The van der Waals surface area contributed by atoms with Crippen molar-refractivity contribution in [3.8, 4) is 0 Å². The van der Waals surface area contributed by atoms with Crippen LogP contribution < -0.4 is 0 Å². The highest BCUT2D eigenvalue weighted by Crippen LogP contribution is 2.38. The molecule has 2 aromatic rings. The van der Waals surface area contributed by atoms with E-state index < -0.39 is 11.9 Å². The fourth-order valence-electron chi connectivity index (χ4n) is 4.99. The van der Waals surface area contributed by atoms with Gasteiger partial charge in [-0.1, -0.05) is 36.4 Å². The average Bonchev–Trinajstić information content (AvgIpc) is 3.45. The molecule has 2 aromatic carbocycles. The van der Waals surface area contributed by atoms with Crippen molar-refractivity contribution in [3.63, 3.8) is 0 Å². The Bertz CT molecular complexity index is 981. The Balaban J connectivity index is 0.000000350. The van der Waals surface area contributed by atoms with Crippen molar-refractivity contribution in [3.05, 3.63) is 81.9 Å². The lowest BCUT2D eigenvalue weighted by Crippen LogP contribution is -2.34. The van der Waals surface area contributed by atoms with Crippen molar-refractivity contribution in [1.82, 2.24) is 4.90 Å². The van der Waals surface area contributed by atoms with Gasteiger partial charge in [0.2, 0.25) is 0 Å². The molecule has 0 fully saturated rings. The normalized spacial score (nSPS) is 15.2. The quantitative estimate of drug-likeness (QED) is 0.502. The average molecular weight is 466 g/mol. The predicted octanol–water partition coefficient (Wildman–Crippen LogP) is 4.32. The smallest absolute Gasteiger partial charge is 0.328 e. The van der Waals surface area contributed by atoms with Crippen LogP contribution in [0.3, 0.4) is 0 Å². The Kier molecular flexibility index (Phi) is 9.02. The molecule has 0 heterocycles. The van der Waals surface area contributed by atoms with E-state index in [4.69, 9.17) is 10.2 Å². The molecule has 3 N–H and O–H groups in total. The number of rotatable bonds is 8. The van der Waals surface area contributed by atoms with Crippen LogP contribution in [0.15, 0.2) is 48.6 Å². The van der Waals surface area contributed by atoms with Crippen LogP contribution in [0.1, 0.15) is 66.2 Å². The van der Waals surface area contributed by atoms with Gasteiger partial charge in [-0.15, -0.1) is 0 Å². The van der Waals surface area contributed by atoms with E-state index in [2.05, 4.69) is 55.1 Å². The summed E-state index contributed by atoms with van der Waals surface area (Å²) in [5.74, 6) is -2.51. The first kappa shape index (κ1) is 25.7. The number of aliphatic carboxylic acids is 2. The number of hydrogen-bond donors (Lipinski definition) is 3. The van der Waals surface area contributed by atoms with Gasteiger partial charge in [0.15, 0.2) is 0 Å². The lowest BCUT2D eigenvalue weighted by Gasteiger charge is -2.30. The van der Waals surface area contributed by atoms with E-state index in [0.29, 0.717) is 18.2 Å². The number of hydrogen-bond acceptors (Lipinski definition) is 4. The fraction of sp³-hybridized carbons (Fsp3) is 0.429. The zero-order chi connectivity index (χ0) is 24.7. The van der Waals surface area contributed by atoms with Crippen molar-refractivity contribution in [1.29, 1.82) is 0 Å². The molecule has 0 saturated heterocycles. The number of aryl methyl sites for hydroxylation is 2. The van der Waals surface area contributed by atoms with Crippen LogP contribution in [0, 0.1) is 0 Å². The number of benzene rings is 2. The molecule has 34 heavy (non-hydrogen) atoms. The Hall–Kier alpha value is -2.96. The monoisotopic (exact) mass is 465 g/mol. The molecule has 2 aliphatic rings. The zero-order valence-corrected chi connectivity index (χ0v) is 20.0. The molecule has 6 nitrogen and oxygen atoms in total. The molecule has 182 valence electrons. The molecule has 0 saturated carbocycles. The molecule has 0 aliphatic heterocycles. The first-order chi connectivity index (χ1) is 16.3. The maximum atomic E-state index is 11.3. The van der Waals surface area contributed by atoms with E-state index >= 15 is 0 Å². The Labute approximate surface area is 201 Å². The largest absolute Gasteiger partial charge is 0.478 e. The first-order valence-corrected chi connectivity index (χ1v) is 12.0. The molecule has 6 heteroatoms. The minimum Gasteiger partial charge on any atom is -0.478 e. The number of aliphatic hydroxyl groups is 1. The second-order valence-corrected chi connectivity index (χ2v) is 9.31. The third-order valence-electron chi connectivity index (χ3n) is 6.59.